The summed E-state index contributed by atoms with van der Waals surface area (Å²) in [5, 5.41) is -0.523. The average Bonchev–Trinajstić information content (AvgIpc) is 1.95. The maximum Gasteiger partial charge on any atom is 0.237 e. The number of hydrogen-bond donors (Lipinski definition) is 0. The molecule has 0 unspecified atom stereocenters. The Balaban J connectivity index is 3.30. The van der Waals surface area contributed by atoms with Crippen molar-refractivity contribution >= 4 is 24.8 Å². The second-order valence-corrected chi connectivity index (χ2v) is 5.48. The van der Waals surface area contributed by atoms with Gasteiger partial charge in [-0.2, -0.15) is 0 Å². The van der Waals surface area contributed by atoms with Crippen LogP contribution in [0.1, 0.15) is 0 Å². The van der Waals surface area contributed by atoms with E-state index in [0.717, 1.165) is 0 Å². The van der Waals surface area contributed by atoms with Crippen LogP contribution in [0, 0.1) is 0 Å². The lowest BCUT2D eigenvalue weighted by Crippen LogP contribution is -1.88. The molecular formula is C5H4O3S2. The van der Waals surface area contributed by atoms with Crippen molar-refractivity contribution in [2.75, 3.05) is 0 Å². The van der Waals surface area contributed by atoms with E-state index in [1.54, 1.807) is 0 Å². The summed E-state index contributed by atoms with van der Waals surface area (Å²) in [6, 6.07) is 0. The van der Waals surface area contributed by atoms with Crippen LogP contribution >= 0.6 is 10.8 Å². The maximum absolute atomic E-state index is 10.8. The molecule has 1 fully saturated rings. The minimum Gasteiger partial charge on any atom is -0.280 e. The van der Waals surface area contributed by atoms with Crippen molar-refractivity contribution in [3.05, 3.63) is 23.6 Å². The normalized spacial score (nSPS) is 23.8. The van der Waals surface area contributed by atoms with Gasteiger partial charge in [0, 0.05) is 5.57 Å². The number of allylic oxidation sites excluding steroid dienone is 1. The molecule has 1 rings (SSSR count). The molecule has 0 saturated carbocycles. The van der Waals surface area contributed by atoms with Crippen LogP contribution in [0.15, 0.2) is 23.6 Å². The van der Waals surface area contributed by atoms with E-state index in [1.165, 1.54) is 0 Å². The van der Waals surface area contributed by atoms with Crippen LogP contribution in [0.4, 0.5) is 0 Å². The standard InChI is InChI=1S/C5H4O3S2/c1-3-4(2)10(7,8)9-5(3)6/h1-2H2. The van der Waals surface area contributed by atoms with Gasteiger partial charge in [-0.3, -0.25) is 4.79 Å². The van der Waals surface area contributed by atoms with Crippen molar-refractivity contribution in [1.29, 1.82) is 0 Å². The molecule has 54 valence electrons. The fraction of sp³-hybridized carbons (Fsp3) is 0. The molecule has 0 aromatic heterocycles. The van der Waals surface area contributed by atoms with Gasteiger partial charge in [0.1, 0.15) is 0 Å². The fourth-order valence-corrected chi connectivity index (χ4v) is 2.95. The zero-order valence-electron chi connectivity index (χ0n) is 4.96. The summed E-state index contributed by atoms with van der Waals surface area (Å²) >= 11 is 0. The summed E-state index contributed by atoms with van der Waals surface area (Å²) in [6.07, 6.45) is 0. The highest BCUT2D eigenvalue weighted by atomic mass is 33.1. The summed E-state index contributed by atoms with van der Waals surface area (Å²) < 4.78 is 21.5. The van der Waals surface area contributed by atoms with E-state index in [4.69, 9.17) is 0 Å². The first kappa shape index (κ1) is 7.56. The molecule has 1 saturated heterocycles. The highest BCUT2D eigenvalue weighted by Crippen LogP contribution is 2.36. The minimum atomic E-state index is -3.45. The van der Waals surface area contributed by atoms with Gasteiger partial charge in [0.2, 0.25) is 14.0 Å². The predicted octanol–water partition coefficient (Wildman–Crippen LogP) is 0.659. The van der Waals surface area contributed by atoms with Crippen molar-refractivity contribution in [3.8, 4) is 0 Å². The SMILES string of the molecule is C=C1C(=C)S(=O)(=O)SC1=O. The van der Waals surface area contributed by atoms with Gasteiger partial charge in [-0.15, -0.1) is 0 Å². The predicted molar refractivity (Wildman–Crippen MR) is 39.8 cm³/mol. The highest BCUT2D eigenvalue weighted by Gasteiger charge is 2.35. The average molecular weight is 176 g/mol. The van der Waals surface area contributed by atoms with Gasteiger partial charge < -0.3 is 0 Å². The van der Waals surface area contributed by atoms with Crippen LogP contribution in [0.2, 0.25) is 0 Å². The zero-order chi connectivity index (χ0) is 7.94. The van der Waals surface area contributed by atoms with E-state index in [0.29, 0.717) is 0 Å². The second kappa shape index (κ2) is 1.96. The van der Waals surface area contributed by atoms with Crippen LogP contribution in [-0.2, 0) is 13.7 Å². The Kier molecular flexibility index (Phi) is 1.48. The van der Waals surface area contributed by atoms with E-state index in [2.05, 4.69) is 13.2 Å². The molecule has 0 radical (unpaired) electrons. The third-order valence-electron chi connectivity index (χ3n) is 1.07. The summed E-state index contributed by atoms with van der Waals surface area (Å²) in [7, 11) is -3.18. The van der Waals surface area contributed by atoms with E-state index in [1.807, 2.05) is 0 Å². The number of hydrogen-bond acceptors (Lipinski definition) is 4. The number of carbonyl (C=O) groups is 1. The van der Waals surface area contributed by atoms with Crippen LogP contribution in [0.25, 0.3) is 0 Å². The third kappa shape index (κ3) is 0.911. The molecule has 0 bridgehead atoms. The van der Waals surface area contributed by atoms with Gasteiger partial charge in [-0.25, -0.2) is 8.42 Å². The first-order valence-corrected chi connectivity index (χ1v) is 5.14. The van der Waals surface area contributed by atoms with Crippen molar-refractivity contribution in [2.24, 2.45) is 0 Å². The molecule has 0 aromatic rings. The van der Waals surface area contributed by atoms with Gasteiger partial charge in [-0.05, 0) is 0 Å². The lowest BCUT2D eigenvalue weighted by atomic mass is 10.3. The quantitative estimate of drug-likeness (QED) is 0.402. The molecule has 0 N–H and O–H groups in total. The molecule has 0 atom stereocenters. The monoisotopic (exact) mass is 176 g/mol. The topological polar surface area (TPSA) is 51.2 Å². The molecule has 0 spiro atoms. The summed E-state index contributed by atoms with van der Waals surface area (Å²) in [5.74, 6) is 0. The minimum absolute atomic E-state index is 0.00926. The molecule has 0 aliphatic carbocycles. The number of carbonyl (C=O) groups excluding carboxylic acids is 1. The van der Waals surface area contributed by atoms with E-state index < -0.39 is 14.0 Å². The molecule has 5 heteroatoms. The van der Waals surface area contributed by atoms with Crippen molar-refractivity contribution in [1.82, 2.24) is 0 Å². The van der Waals surface area contributed by atoms with Crippen LogP contribution in [0.5, 0.6) is 0 Å². The Bertz CT molecular complexity index is 323. The van der Waals surface area contributed by atoms with Gasteiger partial charge in [0.15, 0.2) is 0 Å². The van der Waals surface area contributed by atoms with Gasteiger partial charge >= 0.3 is 0 Å². The molecule has 0 amide bonds. The second-order valence-electron chi connectivity index (χ2n) is 1.73. The lowest BCUT2D eigenvalue weighted by Gasteiger charge is -1.86. The lowest BCUT2D eigenvalue weighted by molar-refractivity contribution is -0.107. The Morgan fingerprint density at radius 2 is 1.80 bits per heavy atom. The van der Waals surface area contributed by atoms with Crippen LogP contribution in [-0.4, -0.2) is 13.5 Å². The Morgan fingerprint density at radius 3 is 1.90 bits per heavy atom. The fourth-order valence-electron chi connectivity index (χ4n) is 0.465. The molecule has 0 aromatic carbocycles. The molecular weight excluding hydrogens is 172 g/mol. The maximum atomic E-state index is 10.8. The first-order chi connectivity index (χ1) is 4.45. The van der Waals surface area contributed by atoms with Crippen molar-refractivity contribution in [2.45, 2.75) is 0 Å². The van der Waals surface area contributed by atoms with E-state index >= 15 is 0 Å². The van der Waals surface area contributed by atoms with Crippen LogP contribution < -0.4 is 0 Å². The largest absolute Gasteiger partial charge is 0.280 e. The zero-order valence-corrected chi connectivity index (χ0v) is 6.59. The third-order valence-corrected chi connectivity index (χ3v) is 4.25. The van der Waals surface area contributed by atoms with Gasteiger partial charge in [0.25, 0.3) is 0 Å². The van der Waals surface area contributed by atoms with E-state index in [9.17, 15) is 13.2 Å². The Hall–Kier alpha value is -0.550. The Morgan fingerprint density at radius 1 is 1.30 bits per heavy atom. The van der Waals surface area contributed by atoms with Gasteiger partial charge in [0.05, 0.1) is 15.7 Å². The summed E-state index contributed by atoms with van der Waals surface area (Å²) in [5.41, 5.74) is -0.00926. The molecule has 10 heavy (non-hydrogen) atoms. The van der Waals surface area contributed by atoms with Crippen LogP contribution in [0.3, 0.4) is 0 Å². The van der Waals surface area contributed by atoms with Gasteiger partial charge in [-0.1, -0.05) is 13.2 Å². The molecule has 1 aliphatic rings. The number of rotatable bonds is 0. The summed E-state index contributed by atoms with van der Waals surface area (Å²) in [6.45, 7) is 6.47. The molecule has 3 nitrogen and oxygen atoms in total. The molecule has 1 heterocycles. The first-order valence-electron chi connectivity index (χ1n) is 2.32. The van der Waals surface area contributed by atoms with Crippen molar-refractivity contribution in [3.63, 3.8) is 0 Å². The summed E-state index contributed by atoms with van der Waals surface area (Å²) in [4.78, 5) is 10.5. The van der Waals surface area contributed by atoms with E-state index in [-0.39, 0.29) is 21.3 Å². The highest BCUT2D eigenvalue weighted by molar-refractivity contribution is 8.80. The Labute approximate surface area is 62.1 Å². The van der Waals surface area contributed by atoms with Crippen molar-refractivity contribution < 1.29 is 13.2 Å². The smallest absolute Gasteiger partial charge is 0.237 e. The molecule has 1 aliphatic heterocycles.